The minimum Gasteiger partial charge on any atom is -0.0312 e. The summed E-state index contributed by atoms with van der Waals surface area (Å²) in [5.41, 5.74) is 2.92. The Balaban J connectivity index is 0.000000380. The predicted octanol–water partition coefficient (Wildman–Crippen LogP) is 7.03. The van der Waals surface area contributed by atoms with Gasteiger partial charge < -0.3 is 4.90 Å². The summed E-state index contributed by atoms with van der Waals surface area (Å²) in [6.45, 7) is 3.50. The fraction of sp³-hybridized carbons (Fsp3) is 0.312. The second kappa shape index (κ2) is 8.56. The summed E-state index contributed by atoms with van der Waals surface area (Å²) in [7, 11) is -8.49. The van der Waals surface area contributed by atoms with Crippen molar-refractivity contribution in [2.75, 3.05) is 18.5 Å². The molecule has 1 aromatic rings. The zero-order chi connectivity index (χ0) is 18.5. The molecule has 25 heavy (non-hydrogen) atoms. The second-order valence-electron chi connectivity index (χ2n) is 5.59. The van der Waals surface area contributed by atoms with Crippen LogP contribution < -0.4 is 4.90 Å². The summed E-state index contributed by atoms with van der Waals surface area (Å²) in [4.78, 5) is 2.34. The van der Waals surface area contributed by atoms with Crippen molar-refractivity contribution in [2.45, 2.75) is 19.3 Å². The fourth-order valence-corrected chi connectivity index (χ4v) is 2.24. The zero-order valence-corrected chi connectivity index (χ0v) is 16.3. The number of benzene rings is 1. The molecule has 1 heterocycles. The third-order valence-electron chi connectivity index (χ3n) is 3.33. The molecule has 0 spiro atoms. The van der Waals surface area contributed by atoms with Crippen LogP contribution in [0.2, 0.25) is 0 Å². The van der Waals surface area contributed by atoms with Crippen LogP contribution in [-0.4, -0.2) is 13.6 Å². The van der Waals surface area contributed by atoms with E-state index in [1.807, 2.05) is 32.1 Å². The van der Waals surface area contributed by atoms with Gasteiger partial charge in [-0.2, -0.15) is 0 Å². The number of para-hydroxylation sites is 1. The number of hydrogen-bond acceptors (Lipinski definition) is 1. The quantitative estimate of drug-likeness (QED) is 0.223. The van der Waals surface area contributed by atoms with Crippen LogP contribution in [0, 0.1) is 32.1 Å². The first-order valence-electron chi connectivity index (χ1n) is 7.27. The molecule has 1 aromatic carbocycles. The Bertz CT molecular complexity index is 482. The van der Waals surface area contributed by atoms with Gasteiger partial charge in [-0.25, -0.2) is 0 Å². The molecule has 1 fully saturated rings. The Morgan fingerprint density at radius 3 is 1.68 bits per heavy atom. The van der Waals surface area contributed by atoms with Crippen LogP contribution in [0.4, 0.5) is 30.9 Å². The molecule has 9 heteroatoms. The van der Waals surface area contributed by atoms with Gasteiger partial charge in [0.05, 0.1) is 0 Å². The van der Waals surface area contributed by atoms with E-state index in [9.17, 15) is 25.2 Å². The molecule has 1 atom stereocenters. The maximum absolute atomic E-state index is 10.7. The molecule has 0 saturated heterocycles. The first kappa shape index (κ1) is 24.7. The third-order valence-corrected chi connectivity index (χ3v) is 3.33. The number of fused-ring (bicyclic) bond motifs is 1. The molecule has 0 N–H and O–H groups in total. The largest absolute Gasteiger partial charge is 2.00 e. The maximum Gasteiger partial charge on any atom is 2.00 e. The Morgan fingerprint density at radius 1 is 0.880 bits per heavy atom. The molecule has 1 saturated carbocycles. The van der Waals surface area contributed by atoms with Crippen molar-refractivity contribution >= 4 is 13.5 Å². The number of rotatable bonds is 0. The van der Waals surface area contributed by atoms with Crippen molar-refractivity contribution in [3.05, 3.63) is 61.9 Å². The van der Waals surface area contributed by atoms with Crippen molar-refractivity contribution in [3.8, 4) is 0 Å². The van der Waals surface area contributed by atoms with Gasteiger partial charge in [0.15, 0.2) is 0 Å². The molecule has 2 aliphatic rings. The van der Waals surface area contributed by atoms with E-state index in [1.54, 1.807) is 0 Å². The van der Waals surface area contributed by atoms with Crippen LogP contribution in [0.25, 0.3) is 0 Å². The van der Waals surface area contributed by atoms with Crippen LogP contribution in [0.5, 0.6) is 0 Å². The van der Waals surface area contributed by atoms with E-state index in [0.717, 1.165) is 5.92 Å². The Labute approximate surface area is 158 Å². The molecular formula is C16H20F6NPRu+. The van der Waals surface area contributed by atoms with E-state index >= 15 is 0 Å². The molecule has 0 amide bonds. The smallest absolute Gasteiger partial charge is 0.0312 e. The molecule has 143 valence electrons. The van der Waals surface area contributed by atoms with Gasteiger partial charge in [0, 0.05) is 19.3 Å². The number of nitrogens with zero attached hydrogens (tertiary/aromatic N) is 1. The van der Waals surface area contributed by atoms with Gasteiger partial charge in [-0.3, -0.25) is 0 Å². The SMILES string of the molecule is CC1CCN(C)c2ccccc21.F[P-](F)(F)(F)(F)F.[CH]1[CH][CH][CH][CH]1.[Ru+2]. The minimum atomic E-state index is -10.7. The van der Waals surface area contributed by atoms with Crippen LogP contribution in [-0.2, 0) is 19.5 Å². The van der Waals surface area contributed by atoms with Gasteiger partial charge >= 0.3 is 52.5 Å². The molecule has 3 rings (SSSR count). The first-order valence-corrected chi connectivity index (χ1v) is 9.30. The fourth-order valence-electron chi connectivity index (χ4n) is 2.24. The molecule has 1 nitrogen and oxygen atoms in total. The standard InChI is InChI=1S/C11H15N.C5H5.F6P.Ru/c1-9-7-8-12(2)11-6-4-3-5-10(9)11;1-2-4-5-3-1;1-7(2,3,4,5)6;/h3-6,9H,7-8H2,1-2H3;1-5H;;/q;;-1;+2. The van der Waals surface area contributed by atoms with Crippen LogP contribution in [0.15, 0.2) is 24.3 Å². The number of anilines is 1. The molecular weight excluding hydrogens is 452 g/mol. The molecule has 0 bridgehead atoms. The normalized spacial score (nSPS) is 21.9. The minimum absolute atomic E-state index is 0. The second-order valence-corrected chi connectivity index (χ2v) is 7.51. The van der Waals surface area contributed by atoms with Crippen LogP contribution in [0.3, 0.4) is 0 Å². The molecule has 1 aliphatic carbocycles. The summed E-state index contributed by atoms with van der Waals surface area (Å²) in [5.74, 6) is 0.734. The van der Waals surface area contributed by atoms with E-state index in [-0.39, 0.29) is 19.5 Å². The third kappa shape index (κ3) is 13.5. The van der Waals surface area contributed by atoms with Gasteiger partial charge in [0.1, 0.15) is 0 Å². The van der Waals surface area contributed by atoms with E-state index in [0.29, 0.717) is 0 Å². The number of hydrogen-bond donors (Lipinski definition) is 0. The van der Waals surface area contributed by atoms with Crippen molar-refractivity contribution in [1.29, 1.82) is 0 Å². The molecule has 1 aliphatic heterocycles. The first-order chi connectivity index (χ1) is 10.7. The van der Waals surface area contributed by atoms with E-state index < -0.39 is 7.81 Å². The Morgan fingerprint density at radius 2 is 1.28 bits per heavy atom. The van der Waals surface area contributed by atoms with Crippen molar-refractivity contribution in [1.82, 2.24) is 0 Å². The monoisotopic (exact) mass is 473 g/mol. The van der Waals surface area contributed by atoms with Gasteiger partial charge in [0.25, 0.3) is 0 Å². The van der Waals surface area contributed by atoms with Crippen molar-refractivity contribution in [2.24, 2.45) is 0 Å². The van der Waals surface area contributed by atoms with Crippen LogP contribution >= 0.6 is 7.81 Å². The summed E-state index contributed by atoms with van der Waals surface area (Å²) >= 11 is 0. The van der Waals surface area contributed by atoms with E-state index in [4.69, 9.17) is 0 Å². The summed E-state index contributed by atoms with van der Waals surface area (Å²) in [6.07, 6.45) is 11.3. The maximum atomic E-state index is 9.87. The van der Waals surface area contributed by atoms with Crippen molar-refractivity contribution in [3.63, 3.8) is 0 Å². The Kier molecular flexibility index (Phi) is 8.44. The van der Waals surface area contributed by atoms with E-state index in [2.05, 4.69) is 43.1 Å². The van der Waals surface area contributed by atoms with E-state index in [1.165, 1.54) is 24.2 Å². The zero-order valence-electron chi connectivity index (χ0n) is 13.7. The topological polar surface area (TPSA) is 3.24 Å². The molecule has 5 radical (unpaired) electrons. The van der Waals surface area contributed by atoms with Crippen molar-refractivity contribution < 1.29 is 44.7 Å². The summed E-state index contributed by atoms with van der Waals surface area (Å²) < 4.78 is 59.2. The van der Waals surface area contributed by atoms with Crippen LogP contribution in [0.1, 0.15) is 24.8 Å². The Hall–Kier alpha value is -0.347. The van der Waals surface area contributed by atoms with Gasteiger partial charge in [-0.15, -0.1) is 0 Å². The average molecular weight is 472 g/mol. The average Bonchev–Trinajstić information content (AvgIpc) is 2.99. The molecule has 1 unspecified atom stereocenters. The summed E-state index contributed by atoms with van der Waals surface area (Å²) in [5, 5.41) is 0. The predicted molar refractivity (Wildman–Crippen MR) is 87.8 cm³/mol. The van der Waals surface area contributed by atoms with Gasteiger partial charge in [-0.05, 0) is 56.1 Å². The summed E-state index contributed by atoms with van der Waals surface area (Å²) in [6, 6.07) is 8.71. The van der Waals surface area contributed by atoms with Gasteiger partial charge in [0.2, 0.25) is 0 Å². The van der Waals surface area contributed by atoms with Gasteiger partial charge in [-0.1, -0.05) is 25.1 Å². The molecule has 0 aromatic heterocycles. The number of halogens is 6.